The van der Waals surface area contributed by atoms with Crippen molar-refractivity contribution in [2.75, 3.05) is 14.2 Å². The van der Waals surface area contributed by atoms with Gasteiger partial charge in [0.1, 0.15) is 17.3 Å². The normalized spacial score (nSPS) is 11.9. The minimum Gasteiger partial charge on any atom is -0.502 e. The molecule has 1 aromatic heterocycles. The van der Waals surface area contributed by atoms with Crippen LogP contribution < -0.4 is 19.0 Å². The van der Waals surface area contributed by atoms with Crippen LogP contribution in [-0.2, 0) is 0 Å². The highest BCUT2D eigenvalue weighted by molar-refractivity contribution is 7.07. The number of alkyl halides is 2. The lowest BCUT2D eigenvalue weighted by Crippen LogP contribution is -2.12. The molecule has 3 aromatic carbocycles. The number of thiazole rings is 1. The van der Waals surface area contributed by atoms with Crippen molar-refractivity contribution in [2.45, 2.75) is 6.61 Å². The third kappa shape index (κ3) is 5.92. The highest BCUT2D eigenvalue weighted by atomic mass is 32.1. The minimum atomic E-state index is -2.96. The van der Waals surface area contributed by atoms with Crippen LogP contribution in [0.4, 0.5) is 23.2 Å². The maximum Gasteiger partial charge on any atom is 0.387 e. The number of aromatic nitrogens is 1. The van der Waals surface area contributed by atoms with E-state index in [2.05, 4.69) is 14.8 Å². The van der Waals surface area contributed by atoms with Crippen LogP contribution in [0.3, 0.4) is 0 Å². The SMILES string of the molecule is COc1cc(C=Nn2c(-c3ccc(OC(F)F)cc3)csc2=Nc2ccc(F)cc2F)cc(OC)c1O. The van der Waals surface area contributed by atoms with E-state index in [0.717, 1.165) is 23.5 Å². The first-order valence-electron chi connectivity index (χ1n) is 10.5. The molecule has 1 heterocycles. The first-order valence-corrected chi connectivity index (χ1v) is 11.4. The molecule has 4 rings (SSSR count). The molecule has 37 heavy (non-hydrogen) atoms. The Bertz CT molecular complexity index is 1480. The van der Waals surface area contributed by atoms with Gasteiger partial charge in [-0.25, -0.2) is 18.4 Å². The first-order chi connectivity index (χ1) is 17.8. The summed E-state index contributed by atoms with van der Waals surface area (Å²) < 4.78 is 68.9. The molecular weight excluding hydrogens is 514 g/mol. The van der Waals surface area contributed by atoms with Crippen LogP contribution in [0.25, 0.3) is 11.3 Å². The van der Waals surface area contributed by atoms with Crippen LogP contribution in [0.2, 0.25) is 0 Å². The van der Waals surface area contributed by atoms with Crippen LogP contribution >= 0.6 is 11.3 Å². The summed E-state index contributed by atoms with van der Waals surface area (Å²) in [6, 6.07) is 11.9. The molecule has 0 atom stereocenters. The highest BCUT2D eigenvalue weighted by Crippen LogP contribution is 2.36. The van der Waals surface area contributed by atoms with Gasteiger partial charge in [-0.05, 0) is 48.5 Å². The number of aromatic hydroxyl groups is 1. The fraction of sp³-hybridized carbons (Fsp3) is 0.120. The van der Waals surface area contributed by atoms with E-state index in [9.17, 15) is 22.7 Å². The number of halogens is 4. The van der Waals surface area contributed by atoms with E-state index in [4.69, 9.17) is 9.47 Å². The second-order valence-corrected chi connectivity index (χ2v) is 8.18. The Balaban J connectivity index is 1.83. The summed E-state index contributed by atoms with van der Waals surface area (Å²) in [5.74, 6) is -1.48. The number of phenolic OH excluding ortho intramolecular Hbond substituents is 1. The van der Waals surface area contributed by atoms with Crippen LogP contribution in [-0.4, -0.2) is 36.8 Å². The molecule has 0 bridgehead atoms. The summed E-state index contributed by atoms with van der Waals surface area (Å²) in [5, 5.41) is 16.3. The van der Waals surface area contributed by atoms with Crippen molar-refractivity contribution in [1.29, 1.82) is 0 Å². The monoisotopic (exact) mass is 533 g/mol. The van der Waals surface area contributed by atoms with Gasteiger partial charge in [0.2, 0.25) is 10.6 Å². The third-order valence-corrected chi connectivity index (χ3v) is 5.83. The molecule has 0 aliphatic carbocycles. The summed E-state index contributed by atoms with van der Waals surface area (Å²) in [6.45, 7) is -2.96. The highest BCUT2D eigenvalue weighted by Gasteiger charge is 2.13. The van der Waals surface area contributed by atoms with E-state index in [-0.39, 0.29) is 33.5 Å². The number of ether oxygens (including phenoxy) is 3. The second-order valence-electron chi connectivity index (χ2n) is 7.34. The van der Waals surface area contributed by atoms with Gasteiger partial charge in [0, 0.05) is 22.6 Å². The van der Waals surface area contributed by atoms with Crippen molar-refractivity contribution in [3.8, 4) is 34.3 Å². The van der Waals surface area contributed by atoms with E-state index in [0.29, 0.717) is 16.8 Å². The van der Waals surface area contributed by atoms with Gasteiger partial charge in [0.25, 0.3) is 0 Å². The molecule has 0 saturated heterocycles. The van der Waals surface area contributed by atoms with Gasteiger partial charge in [-0.15, -0.1) is 11.3 Å². The summed E-state index contributed by atoms with van der Waals surface area (Å²) in [5.41, 5.74) is 1.48. The van der Waals surface area contributed by atoms with Crippen molar-refractivity contribution in [3.63, 3.8) is 0 Å². The zero-order valence-corrected chi connectivity index (χ0v) is 20.2. The Morgan fingerprint density at radius 3 is 2.24 bits per heavy atom. The topological polar surface area (TPSA) is 77.6 Å². The van der Waals surface area contributed by atoms with Crippen LogP contribution in [0.5, 0.6) is 23.0 Å². The predicted molar refractivity (Wildman–Crippen MR) is 130 cm³/mol. The van der Waals surface area contributed by atoms with E-state index in [1.54, 1.807) is 17.5 Å². The van der Waals surface area contributed by atoms with Gasteiger partial charge in [-0.2, -0.15) is 13.9 Å². The maximum absolute atomic E-state index is 14.3. The summed E-state index contributed by atoms with van der Waals surface area (Å²) in [7, 11) is 2.77. The van der Waals surface area contributed by atoms with Gasteiger partial charge >= 0.3 is 6.61 Å². The van der Waals surface area contributed by atoms with E-state index < -0.39 is 18.2 Å². The van der Waals surface area contributed by atoms with Crippen molar-refractivity contribution >= 4 is 23.2 Å². The number of nitrogens with zero attached hydrogens (tertiary/aromatic N) is 3. The summed E-state index contributed by atoms with van der Waals surface area (Å²) in [6.07, 6.45) is 1.44. The number of hydrogen-bond donors (Lipinski definition) is 1. The first kappa shape index (κ1) is 25.8. The Hall–Kier alpha value is -4.32. The fourth-order valence-electron chi connectivity index (χ4n) is 3.28. The van der Waals surface area contributed by atoms with Crippen molar-refractivity contribution in [1.82, 2.24) is 4.68 Å². The van der Waals surface area contributed by atoms with Crippen LogP contribution in [0, 0.1) is 11.6 Å². The number of phenols is 1. The molecule has 0 aliphatic rings. The molecule has 0 saturated carbocycles. The molecule has 12 heteroatoms. The average molecular weight is 534 g/mol. The van der Waals surface area contributed by atoms with Crippen LogP contribution in [0.1, 0.15) is 5.56 Å². The molecule has 7 nitrogen and oxygen atoms in total. The zero-order chi connectivity index (χ0) is 26.5. The van der Waals surface area contributed by atoms with Crippen LogP contribution in [0.15, 0.2) is 70.1 Å². The van der Waals surface area contributed by atoms with Gasteiger partial charge in [-0.3, -0.25) is 0 Å². The lowest BCUT2D eigenvalue weighted by Gasteiger charge is -2.09. The molecule has 192 valence electrons. The van der Waals surface area contributed by atoms with Gasteiger partial charge in [-0.1, -0.05) is 0 Å². The summed E-state index contributed by atoms with van der Waals surface area (Å²) >= 11 is 1.13. The van der Waals surface area contributed by atoms with E-state index in [1.807, 2.05) is 0 Å². The van der Waals surface area contributed by atoms with E-state index >= 15 is 0 Å². The molecule has 1 N–H and O–H groups in total. The Morgan fingerprint density at radius 2 is 1.65 bits per heavy atom. The van der Waals surface area contributed by atoms with Crippen molar-refractivity contribution in [3.05, 3.63) is 82.0 Å². The standard InChI is InChI=1S/C25H19F4N3O4S/c1-34-21-9-14(10-22(35-2)23(21)33)12-30-32-20(15-3-6-17(7-4-15)36-24(28)29)13-37-25(32)31-19-8-5-16(26)11-18(19)27/h3-13,24,33H,1-2H3. The van der Waals surface area contributed by atoms with E-state index in [1.165, 1.54) is 55.4 Å². The maximum atomic E-state index is 14.3. The molecule has 0 amide bonds. The minimum absolute atomic E-state index is 0.0226. The largest absolute Gasteiger partial charge is 0.502 e. The molecule has 0 aliphatic heterocycles. The lowest BCUT2D eigenvalue weighted by molar-refractivity contribution is -0.0498. The quantitative estimate of drug-likeness (QED) is 0.225. The Morgan fingerprint density at radius 1 is 0.973 bits per heavy atom. The number of benzene rings is 3. The molecule has 0 fully saturated rings. The third-order valence-electron chi connectivity index (χ3n) is 5.01. The second kappa shape index (κ2) is 11.2. The number of rotatable bonds is 8. The molecule has 4 aromatic rings. The van der Waals surface area contributed by atoms with Gasteiger partial charge in [0.05, 0.1) is 26.1 Å². The van der Waals surface area contributed by atoms with Crippen molar-refractivity contribution < 1.29 is 36.9 Å². The molecule has 0 radical (unpaired) electrons. The molecule has 0 unspecified atom stereocenters. The predicted octanol–water partition coefficient (Wildman–Crippen LogP) is 5.93. The number of hydrogen-bond acceptors (Lipinski definition) is 7. The average Bonchev–Trinajstić information content (AvgIpc) is 3.27. The Labute approximate surface area is 212 Å². The van der Waals surface area contributed by atoms with Gasteiger partial charge < -0.3 is 19.3 Å². The zero-order valence-electron chi connectivity index (χ0n) is 19.4. The smallest absolute Gasteiger partial charge is 0.387 e. The Kier molecular flexibility index (Phi) is 7.77. The lowest BCUT2D eigenvalue weighted by atomic mass is 10.2. The number of methoxy groups -OCH3 is 2. The fourth-order valence-corrected chi connectivity index (χ4v) is 4.13. The molecular formula is C25H19F4N3O4S. The molecule has 0 spiro atoms. The van der Waals surface area contributed by atoms with Gasteiger partial charge in [0.15, 0.2) is 17.3 Å². The van der Waals surface area contributed by atoms with Crippen molar-refractivity contribution in [2.24, 2.45) is 10.1 Å². The summed E-state index contributed by atoms with van der Waals surface area (Å²) in [4.78, 5) is 4.53.